The van der Waals surface area contributed by atoms with Gasteiger partial charge in [-0.15, -0.1) is 24.0 Å². The first kappa shape index (κ1) is 21.5. The minimum absolute atomic E-state index is 0. The molecule has 2 amide bonds. The normalized spacial score (nSPS) is 17.3. The molecule has 9 heteroatoms. The third-order valence-corrected chi connectivity index (χ3v) is 4.55. The molecule has 2 N–H and O–H groups in total. The van der Waals surface area contributed by atoms with E-state index in [-0.39, 0.29) is 41.7 Å². The summed E-state index contributed by atoms with van der Waals surface area (Å²) < 4.78 is 5.19. The van der Waals surface area contributed by atoms with Crippen molar-refractivity contribution < 1.29 is 14.0 Å². The van der Waals surface area contributed by atoms with Gasteiger partial charge in [0.2, 0.25) is 5.91 Å². The van der Waals surface area contributed by atoms with E-state index in [0.717, 1.165) is 25.3 Å². The highest BCUT2D eigenvalue weighted by molar-refractivity contribution is 14.0. The largest absolute Gasteiger partial charge is 0.459 e. The first-order valence-corrected chi connectivity index (χ1v) is 9.32. The zero-order valence-electron chi connectivity index (χ0n) is 15.6. The SMILES string of the molecule is CCNC(=NCCNC(=O)C1CC1)N1CCN(C(=O)c2ccco2)CC1.I. The number of carbonyl (C=O) groups is 2. The summed E-state index contributed by atoms with van der Waals surface area (Å²) in [5, 5.41) is 6.22. The van der Waals surface area contributed by atoms with Crippen LogP contribution in [0.1, 0.15) is 30.3 Å². The van der Waals surface area contributed by atoms with Crippen LogP contribution < -0.4 is 10.6 Å². The van der Waals surface area contributed by atoms with Crippen molar-refractivity contribution in [2.45, 2.75) is 19.8 Å². The van der Waals surface area contributed by atoms with Gasteiger partial charge >= 0.3 is 0 Å². The van der Waals surface area contributed by atoms with Crippen LogP contribution in [-0.2, 0) is 4.79 Å². The summed E-state index contributed by atoms with van der Waals surface area (Å²) in [6.07, 6.45) is 3.54. The Labute approximate surface area is 176 Å². The number of guanidine groups is 1. The zero-order valence-corrected chi connectivity index (χ0v) is 18.0. The van der Waals surface area contributed by atoms with E-state index >= 15 is 0 Å². The summed E-state index contributed by atoms with van der Waals surface area (Å²) in [7, 11) is 0. The molecule has 0 unspecified atom stereocenters. The third-order valence-electron chi connectivity index (χ3n) is 4.55. The van der Waals surface area contributed by atoms with Crippen LogP contribution in [0.2, 0.25) is 0 Å². The second-order valence-electron chi connectivity index (χ2n) is 6.56. The monoisotopic (exact) mass is 489 g/mol. The number of hydrogen-bond acceptors (Lipinski definition) is 4. The van der Waals surface area contributed by atoms with Gasteiger partial charge in [-0.3, -0.25) is 14.6 Å². The molecular weight excluding hydrogens is 461 g/mol. The lowest BCUT2D eigenvalue weighted by Crippen LogP contribution is -2.53. The molecule has 1 aromatic rings. The van der Waals surface area contributed by atoms with Crippen molar-refractivity contribution in [3.8, 4) is 0 Å². The maximum absolute atomic E-state index is 12.3. The molecule has 0 atom stereocenters. The van der Waals surface area contributed by atoms with E-state index in [9.17, 15) is 9.59 Å². The molecular formula is C18H28IN5O3. The minimum atomic E-state index is -0.0700. The molecule has 0 spiro atoms. The second kappa shape index (κ2) is 10.5. The van der Waals surface area contributed by atoms with E-state index in [1.165, 1.54) is 6.26 Å². The van der Waals surface area contributed by atoms with Crippen LogP contribution in [0.15, 0.2) is 27.8 Å². The number of nitrogens with zero attached hydrogens (tertiary/aromatic N) is 3. The quantitative estimate of drug-likeness (QED) is 0.271. The van der Waals surface area contributed by atoms with Gasteiger partial charge in [0, 0.05) is 45.2 Å². The van der Waals surface area contributed by atoms with Crippen LogP contribution in [-0.4, -0.2) is 73.4 Å². The molecule has 8 nitrogen and oxygen atoms in total. The van der Waals surface area contributed by atoms with Gasteiger partial charge in [0.15, 0.2) is 11.7 Å². The molecule has 0 radical (unpaired) electrons. The standard InChI is InChI=1S/C18H27N5O3.HI/c1-2-19-18(21-8-7-20-16(24)14-5-6-14)23-11-9-22(10-12-23)17(25)15-4-3-13-26-15;/h3-4,13-14H,2,5-12H2,1H3,(H,19,21)(H,20,24);1H. The topological polar surface area (TPSA) is 90.2 Å². The summed E-state index contributed by atoms with van der Waals surface area (Å²) in [4.78, 5) is 32.5. The second-order valence-corrected chi connectivity index (χ2v) is 6.56. The summed E-state index contributed by atoms with van der Waals surface area (Å²) >= 11 is 0. The average molecular weight is 489 g/mol. The van der Waals surface area contributed by atoms with Gasteiger partial charge in [-0.2, -0.15) is 0 Å². The van der Waals surface area contributed by atoms with Crippen LogP contribution in [0, 0.1) is 5.92 Å². The average Bonchev–Trinajstić information content (AvgIpc) is 3.38. The number of carbonyl (C=O) groups excluding carboxylic acids is 2. The highest BCUT2D eigenvalue weighted by atomic mass is 127. The lowest BCUT2D eigenvalue weighted by molar-refractivity contribution is -0.122. The Balaban J connectivity index is 0.00000261. The molecule has 1 aliphatic heterocycles. The summed E-state index contributed by atoms with van der Waals surface area (Å²) in [5.41, 5.74) is 0. The van der Waals surface area contributed by atoms with Crippen LogP contribution in [0.5, 0.6) is 0 Å². The van der Waals surface area contributed by atoms with Gasteiger partial charge in [-0.1, -0.05) is 0 Å². The van der Waals surface area contributed by atoms with Crippen molar-refractivity contribution in [2.75, 3.05) is 45.8 Å². The van der Waals surface area contributed by atoms with Crippen molar-refractivity contribution in [3.63, 3.8) is 0 Å². The van der Waals surface area contributed by atoms with Crippen molar-refractivity contribution in [1.29, 1.82) is 0 Å². The van der Waals surface area contributed by atoms with Crippen molar-refractivity contribution in [2.24, 2.45) is 10.9 Å². The van der Waals surface area contributed by atoms with Gasteiger partial charge in [0.1, 0.15) is 0 Å². The van der Waals surface area contributed by atoms with E-state index in [1.807, 2.05) is 6.92 Å². The Hall–Kier alpha value is -1.78. The number of hydrogen-bond donors (Lipinski definition) is 2. The van der Waals surface area contributed by atoms with Crippen molar-refractivity contribution in [3.05, 3.63) is 24.2 Å². The molecule has 1 saturated heterocycles. The number of rotatable bonds is 6. The fourth-order valence-electron chi connectivity index (χ4n) is 2.93. The Morgan fingerprint density at radius 2 is 1.89 bits per heavy atom. The van der Waals surface area contributed by atoms with Crippen LogP contribution in [0.3, 0.4) is 0 Å². The Kier molecular flexibility index (Phi) is 8.39. The number of piperazine rings is 1. The zero-order chi connectivity index (χ0) is 18.4. The van der Waals surface area contributed by atoms with E-state index in [4.69, 9.17) is 4.42 Å². The number of halogens is 1. The predicted molar refractivity (Wildman–Crippen MR) is 113 cm³/mol. The molecule has 150 valence electrons. The lowest BCUT2D eigenvalue weighted by atomic mass is 10.3. The lowest BCUT2D eigenvalue weighted by Gasteiger charge is -2.36. The fourth-order valence-corrected chi connectivity index (χ4v) is 2.93. The number of aliphatic imine (C=N–C) groups is 1. The molecule has 1 aromatic heterocycles. The molecule has 0 bridgehead atoms. The molecule has 1 aliphatic carbocycles. The van der Waals surface area contributed by atoms with Crippen LogP contribution >= 0.6 is 24.0 Å². The molecule has 3 rings (SSSR count). The first-order valence-electron chi connectivity index (χ1n) is 9.32. The van der Waals surface area contributed by atoms with Gasteiger partial charge in [0.25, 0.3) is 5.91 Å². The molecule has 0 aromatic carbocycles. The summed E-state index contributed by atoms with van der Waals surface area (Å²) in [5.74, 6) is 1.52. The molecule has 2 aliphatic rings. The van der Waals surface area contributed by atoms with Gasteiger partial charge in [0.05, 0.1) is 12.8 Å². The van der Waals surface area contributed by atoms with E-state index in [1.54, 1.807) is 17.0 Å². The van der Waals surface area contributed by atoms with Crippen LogP contribution in [0.25, 0.3) is 0 Å². The van der Waals surface area contributed by atoms with E-state index in [0.29, 0.717) is 45.0 Å². The van der Waals surface area contributed by atoms with E-state index < -0.39 is 0 Å². The Bertz CT molecular complexity index is 637. The van der Waals surface area contributed by atoms with E-state index in [2.05, 4.69) is 20.5 Å². The predicted octanol–water partition coefficient (Wildman–Crippen LogP) is 1.15. The summed E-state index contributed by atoms with van der Waals surface area (Å²) in [6.45, 7) is 6.59. The van der Waals surface area contributed by atoms with Crippen molar-refractivity contribution in [1.82, 2.24) is 20.4 Å². The van der Waals surface area contributed by atoms with Gasteiger partial charge in [-0.25, -0.2) is 0 Å². The number of furan rings is 1. The number of amides is 2. The fraction of sp³-hybridized carbons (Fsp3) is 0.611. The molecule has 2 fully saturated rings. The maximum atomic E-state index is 12.3. The molecule has 27 heavy (non-hydrogen) atoms. The number of nitrogens with one attached hydrogen (secondary N) is 2. The smallest absolute Gasteiger partial charge is 0.289 e. The van der Waals surface area contributed by atoms with Gasteiger partial charge in [-0.05, 0) is 31.9 Å². The van der Waals surface area contributed by atoms with Gasteiger partial charge < -0.3 is 24.9 Å². The Morgan fingerprint density at radius 1 is 1.19 bits per heavy atom. The maximum Gasteiger partial charge on any atom is 0.289 e. The molecule has 1 saturated carbocycles. The first-order chi connectivity index (χ1) is 12.7. The van der Waals surface area contributed by atoms with Crippen LogP contribution in [0.4, 0.5) is 0 Å². The third kappa shape index (κ3) is 6.12. The minimum Gasteiger partial charge on any atom is -0.459 e. The Morgan fingerprint density at radius 3 is 2.48 bits per heavy atom. The molecule has 2 heterocycles. The van der Waals surface area contributed by atoms with Crippen molar-refractivity contribution >= 4 is 41.8 Å². The highest BCUT2D eigenvalue weighted by Gasteiger charge is 2.29. The summed E-state index contributed by atoms with van der Waals surface area (Å²) in [6, 6.07) is 3.41. The highest BCUT2D eigenvalue weighted by Crippen LogP contribution is 2.28.